The lowest BCUT2D eigenvalue weighted by molar-refractivity contribution is 0.0952. The number of ether oxygens (including phenoxy) is 1. The van der Waals surface area contributed by atoms with Gasteiger partial charge in [-0.05, 0) is 43.0 Å². The highest BCUT2D eigenvalue weighted by Crippen LogP contribution is 2.20. The number of rotatable bonds is 7. The number of fused-ring (bicyclic) bond motifs is 1. The molecular formula is C21H21N5O2S. The molecule has 4 rings (SSSR count). The Morgan fingerprint density at radius 2 is 2.21 bits per heavy atom. The highest BCUT2D eigenvalue weighted by molar-refractivity contribution is 7.09. The standard InChI is InChI=1S/C21H21N5O2S/c1-3-28-19-10-15(6-7-22-19)11-23-21(27)17-9-14(2)25-20-18(17)12-24-26(20)13-16-5-4-8-29-16/h4-10,12H,3,11,13H2,1-2H3,(H,23,27). The van der Waals surface area contributed by atoms with E-state index in [1.165, 1.54) is 4.88 Å². The molecular weight excluding hydrogens is 386 g/mol. The SMILES string of the molecule is CCOc1cc(CNC(=O)c2cc(C)nc3c2cnn3Cc2cccs2)ccn1. The van der Waals surface area contributed by atoms with Crippen LogP contribution < -0.4 is 10.1 Å². The van der Waals surface area contributed by atoms with Crippen LogP contribution in [0.4, 0.5) is 0 Å². The van der Waals surface area contributed by atoms with Crippen LogP contribution in [0.1, 0.15) is 33.4 Å². The van der Waals surface area contributed by atoms with Crippen LogP contribution in [0.5, 0.6) is 5.88 Å². The Hall–Kier alpha value is -3.26. The minimum absolute atomic E-state index is 0.161. The summed E-state index contributed by atoms with van der Waals surface area (Å²) in [7, 11) is 0. The van der Waals surface area contributed by atoms with E-state index in [0.717, 1.165) is 16.6 Å². The van der Waals surface area contributed by atoms with E-state index in [4.69, 9.17) is 4.74 Å². The molecule has 0 fully saturated rings. The fourth-order valence-corrected chi connectivity index (χ4v) is 3.78. The molecule has 0 aliphatic heterocycles. The van der Waals surface area contributed by atoms with Crippen molar-refractivity contribution in [2.75, 3.05) is 6.61 Å². The Morgan fingerprint density at radius 3 is 3.00 bits per heavy atom. The van der Waals surface area contributed by atoms with Crippen molar-refractivity contribution in [2.24, 2.45) is 0 Å². The van der Waals surface area contributed by atoms with Crippen LogP contribution in [-0.4, -0.2) is 32.3 Å². The number of thiophene rings is 1. The lowest BCUT2D eigenvalue weighted by Gasteiger charge is -2.09. The molecule has 0 bridgehead atoms. The number of nitrogens with zero attached hydrogens (tertiary/aromatic N) is 4. The Kier molecular flexibility index (Phi) is 5.53. The zero-order valence-corrected chi connectivity index (χ0v) is 17.1. The molecule has 4 aromatic rings. The van der Waals surface area contributed by atoms with Crippen LogP contribution in [-0.2, 0) is 13.1 Å². The predicted octanol–water partition coefficient (Wildman–Crippen LogP) is 3.57. The zero-order valence-electron chi connectivity index (χ0n) is 16.3. The molecule has 0 saturated heterocycles. The van der Waals surface area contributed by atoms with Gasteiger partial charge in [-0.1, -0.05) is 6.07 Å². The molecule has 4 aromatic heterocycles. The van der Waals surface area contributed by atoms with Crippen LogP contribution in [0.3, 0.4) is 0 Å². The summed E-state index contributed by atoms with van der Waals surface area (Å²) >= 11 is 1.67. The van der Waals surface area contributed by atoms with E-state index in [1.807, 2.05) is 42.1 Å². The molecule has 0 atom stereocenters. The summed E-state index contributed by atoms with van der Waals surface area (Å²) in [5.41, 5.74) is 2.99. The molecule has 1 N–H and O–H groups in total. The first-order chi connectivity index (χ1) is 14.1. The highest BCUT2D eigenvalue weighted by Gasteiger charge is 2.16. The van der Waals surface area contributed by atoms with Crippen LogP contribution in [0.15, 0.2) is 48.1 Å². The van der Waals surface area contributed by atoms with Crippen molar-refractivity contribution in [1.82, 2.24) is 25.1 Å². The number of hydrogen-bond acceptors (Lipinski definition) is 6. The van der Waals surface area contributed by atoms with Gasteiger partial charge in [-0.2, -0.15) is 5.10 Å². The van der Waals surface area contributed by atoms with Crippen molar-refractivity contribution in [3.05, 3.63) is 69.8 Å². The topological polar surface area (TPSA) is 81.9 Å². The van der Waals surface area contributed by atoms with Crippen molar-refractivity contribution >= 4 is 28.3 Å². The summed E-state index contributed by atoms with van der Waals surface area (Å²) in [5, 5.41) is 10.2. The first kappa shape index (κ1) is 19.1. The Bertz CT molecular complexity index is 1140. The average Bonchev–Trinajstić information content (AvgIpc) is 3.37. The number of aryl methyl sites for hydroxylation is 1. The van der Waals surface area contributed by atoms with Gasteiger partial charge < -0.3 is 10.1 Å². The summed E-state index contributed by atoms with van der Waals surface area (Å²) in [5.74, 6) is 0.391. The van der Waals surface area contributed by atoms with Crippen LogP contribution in [0.25, 0.3) is 11.0 Å². The maximum Gasteiger partial charge on any atom is 0.252 e. The van der Waals surface area contributed by atoms with E-state index in [-0.39, 0.29) is 5.91 Å². The van der Waals surface area contributed by atoms with Gasteiger partial charge in [-0.15, -0.1) is 11.3 Å². The fourth-order valence-electron chi connectivity index (χ4n) is 3.09. The van der Waals surface area contributed by atoms with Gasteiger partial charge in [0.25, 0.3) is 5.91 Å². The van der Waals surface area contributed by atoms with Gasteiger partial charge >= 0.3 is 0 Å². The third-order valence-electron chi connectivity index (χ3n) is 4.41. The fraction of sp³-hybridized carbons (Fsp3) is 0.238. The molecule has 29 heavy (non-hydrogen) atoms. The van der Waals surface area contributed by atoms with Crippen molar-refractivity contribution < 1.29 is 9.53 Å². The first-order valence-corrected chi connectivity index (χ1v) is 10.2. The Morgan fingerprint density at radius 1 is 1.31 bits per heavy atom. The lowest BCUT2D eigenvalue weighted by Crippen LogP contribution is -2.23. The van der Waals surface area contributed by atoms with Gasteiger partial charge in [0.1, 0.15) is 0 Å². The summed E-state index contributed by atoms with van der Waals surface area (Å²) in [6.07, 6.45) is 3.39. The van der Waals surface area contributed by atoms with Crippen molar-refractivity contribution in [1.29, 1.82) is 0 Å². The Labute approximate surface area is 172 Å². The molecule has 1 amide bonds. The van der Waals surface area contributed by atoms with Gasteiger partial charge in [0.05, 0.1) is 30.3 Å². The summed E-state index contributed by atoms with van der Waals surface area (Å²) < 4.78 is 7.25. The minimum Gasteiger partial charge on any atom is -0.478 e. The molecule has 0 aromatic carbocycles. The summed E-state index contributed by atoms with van der Waals surface area (Å²) in [6.45, 7) is 5.36. The van der Waals surface area contributed by atoms with Crippen LogP contribution >= 0.6 is 11.3 Å². The number of aromatic nitrogens is 4. The molecule has 0 aliphatic carbocycles. The lowest BCUT2D eigenvalue weighted by atomic mass is 10.1. The van der Waals surface area contributed by atoms with E-state index < -0.39 is 0 Å². The highest BCUT2D eigenvalue weighted by atomic mass is 32.1. The molecule has 0 spiro atoms. The molecule has 0 saturated carbocycles. The van der Waals surface area contributed by atoms with E-state index in [2.05, 4.69) is 26.4 Å². The average molecular weight is 407 g/mol. The second-order valence-corrected chi connectivity index (χ2v) is 7.58. The minimum atomic E-state index is -0.161. The van der Waals surface area contributed by atoms with Crippen LogP contribution in [0.2, 0.25) is 0 Å². The molecule has 8 heteroatoms. The third kappa shape index (κ3) is 4.27. The Balaban J connectivity index is 1.56. The van der Waals surface area contributed by atoms with Gasteiger partial charge in [-0.3, -0.25) is 4.79 Å². The molecule has 0 radical (unpaired) electrons. The molecule has 0 aliphatic rings. The zero-order chi connectivity index (χ0) is 20.2. The number of amides is 1. The number of pyridine rings is 2. The normalized spacial score (nSPS) is 11.0. The van der Waals surface area contributed by atoms with E-state index in [0.29, 0.717) is 36.8 Å². The number of nitrogens with one attached hydrogen (secondary N) is 1. The smallest absolute Gasteiger partial charge is 0.252 e. The van der Waals surface area contributed by atoms with Gasteiger partial charge in [0.2, 0.25) is 5.88 Å². The van der Waals surface area contributed by atoms with Crippen molar-refractivity contribution in [2.45, 2.75) is 26.9 Å². The quantitative estimate of drug-likeness (QED) is 0.506. The maximum absolute atomic E-state index is 12.9. The van der Waals surface area contributed by atoms with Crippen molar-refractivity contribution in [3.8, 4) is 5.88 Å². The summed E-state index contributed by atoms with van der Waals surface area (Å²) in [4.78, 5) is 22.8. The van der Waals surface area contributed by atoms with E-state index in [1.54, 1.807) is 29.8 Å². The number of carbonyl (C=O) groups is 1. The monoisotopic (exact) mass is 407 g/mol. The van der Waals surface area contributed by atoms with Gasteiger partial charge in [-0.25, -0.2) is 14.6 Å². The molecule has 7 nitrogen and oxygen atoms in total. The van der Waals surface area contributed by atoms with Gasteiger partial charge in [0, 0.05) is 29.4 Å². The maximum atomic E-state index is 12.9. The second-order valence-electron chi connectivity index (χ2n) is 6.55. The van der Waals surface area contributed by atoms with Gasteiger partial charge in [0.15, 0.2) is 5.65 Å². The number of carbonyl (C=O) groups excluding carboxylic acids is 1. The first-order valence-electron chi connectivity index (χ1n) is 9.35. The second kappa shape index (κ2) is 8.40. The molecule has 4 heterocycles. The molecule has 0 unspecified atom stereocenters. The summed E-state index contributed by atoms with van der Waals surface area (Å²) in [6, 6.07) is 9.56. The predicted molar refractivity (Wildman–Crippen MR) is 112 cm³/mol. The van der Waals surface area contributed by atoms with E-state index >= 15 is 0 Å². The third-order valence-corrected chi connectivity index (χ3v) is 5.27. The number of hydrogen-bond donors (Lipinski definition) is 1. The van der Waals surface area contributed by atoms with E-state index in [9.17, 15) is 4.79 Å². The molecule has 148 valence electrons. The largest absolute Gasteiger partial charge is 0.478 e. The van der Waals surface area contributed by atoms with Crippen LogP contribution in [0, 0.1) is 6.92 Å². The van der Waals surface area contributed by atoms with Crippen molar-refractivity contribution in [3.63, 3.8) is 0 Å².